The van der Waals surface area contributed by atoms with Gasteiger partial charge in [-0.3, -0.25) is 9.69 Å². The summed E-state index contributed by atoms with van der Waals surface area (Å²) in [5.41, 5.74) is 2.38. The lowest BCUT2D eigenvalue weighted by molar-refractivity contribution is -0.135. The lowest BCUT2D eigenvalue weighted by Gasteiger charge is -2.32. The van der Waals surface area contributed by atoms with Crippen molar-refractivity contribution in [3.8, 4) is 5.75 Å². The molecule has 0 saturated carbocycles. The maximum Gasteiger partial charge on any atom is 0.237 e. The molecule has 4 nitrogen and oxygen atoms in total. The van der Waals surface area contributed by atoms with Crippen LogP contribution in [0.1, 0.15) is 44.2 Å². The van der Waals surface area contributed by atoms with Crippen molar-refractivity contribution in [2.75, 3.05) is 32.8 Å². The molecule has 2 rings (SSSR count). The highest BCUT2D eigenvalue weighted by atomic mass is 35.5. The van der Waals surface area contributed by atoms with Gasteiger partial charge in [0.25, 0.3) is 0 Å². The minimum atomic E-state index is 0. The Bertz CT molecular complexity index is 544. The number of rotatable bonds is 7. The van der Waals surface area contributed by atoms with Crippen molar-refractivity contribution in [1.82, 2.24) is 9.80 Å². The van der Waals surface area contributed by atoms with Gasteiger partial charge in [-0.1, -0.05) is 24.1 Å². The summed E-state index contributed by atoms with van der Waals surface area (Å²) >= 11 is 0. The second-order valence-corrected chi connectivity index (χ2v) is 6.95. The monoisotopic (exact) mass is 368 g/mol. The van der Waals surface area contributed by atoms with Crippen LogP contribution in [0.4, 0.5) is 0 Å². The van der Waals surface area contributed by atoms with Gasteiger partial charge in [0.1, 0.15) is 12.4 Å². The topological polar surface area (TPSA) is 32.8 Å². The van der Waals surface area contributed by atoms with Crippen LogP contribution in [0.15, 0.2) is 18.2 Å². The van der Waals surface area contributed by atoms with Crippen LogP contribution < -0.4 is 4.74 Å². The van der Waals surface area contributed by atoms with Gasteiger partial charge in [-0.2, -0.15) is 0 Å². The number of nitrogens with zero attached hydrogens (tertiary/aromatic N) is 2. The lowest BCUT2D eigenvalue weighted by Crippen LogP contribution is -2.47. The van der Waals surface area contributed by atoms with Gasteiger partial charge in [0.2, 0.25) is 5.91 Å². The SMILES string of the molecule is CCN(C(=O)CN1CCCCC1)C(C)COc1ccc(C)cc1C.Cl. The molecule has 1 aromatic carbocycles. The highest BCUT2D eigenvalue weighted by Crippen LogP contribution is 2.19. The van der Waals surface area contributed by atoms with Crippen molar-refractivity contribution in [2.24, 2.45) is 0 Å². The Morgan fingerprint density at radius 3 is 2.52 bits per heavy atom. The van der Waals surface area contributed by atoms with E-state index in [4.69, 9.17) is 4.74 Å². The number of carbonyl (C=O) groups excluding carboxylic acids is 1. The average Bonchev–Trinajstić information content (AvgIpc) is 2.55. The van der Waals surface area contributed by atoms with E-state index in [2.05, 4.69) is 37.8 Å². The standard InChI is InChI=1S/C20H32N2O2.ClH/c1-5-22(20(23)14-21-11-7-6-8-12-21)18(4)15-24-19-10-9-16(2)13-17(19)3;/h9-10,13,18H,5-8,11-12,14-15H2,1-4H3;1H. The average molecular weight is 369 g/mol. The summed E-state index contributed by atoms with van der Waals surface area (Å²) in [4.78, 5) is 16.9. The number of likely N-dealkylation sites (tertiary alicyclic amines) is 1. The minimum absolute atomic E-state index is 0. The molecule has 1 amide bonds. The van der Waals surface area contributed by atoms with Crippen molar-refractivity contribution in [1.29, 1.82) is 0 Å². The van der Waals surface area contributed by atoms with Crippen LogP contribution in [0.3, 0.4) is 0 Å². The van der Waals surface area contributed by atoms with Crippen LogP contribution in [-0.2, 0) is 4.79 Å². The van der Waals surface area contributed by atoms with Crippen LogP contribution >= 0.6 is 12.4 Å². The molecule has 1 aliphatic heterocycles. The Morgan fingerprint density at radius 1 is 1.24 bits per heavy atom. The number of halogens is 1. The van der Waals surface area contributed by atoms with E-state index in [1.165, 1.54) is 24.8 Å². The summed E-state index contributed by atoms with van der Waals surface area (Å²) in [6, 6.07) is 6.28. The molecule has 1 atom stereocenters. The van der Waals surface area contributed by atoms with Crippen molar-refractivity contribution in [3.05, 3.63) is 29.3 Å². The Labute approximate surface area is 158 Å². The predicted octanol–water partition coefficient (Wildman–Crippen LogP) is 3.83. The summed E-state index contributed by atoms with van der Waals surface area (Å²) in [7, 11) is 0. The van der Waals surface area contributed by atoms with Crippen molar-refractivity contribution in [3.63, 3.8) is 0 Å². The molecule has 1 aliphatic rings. The Balaban J connectivity index is 0.00000312. The third kappa shape index (κ3) is 6.52. The number of aryl methyl sites for hydroxylation is 2. The summed E-state index contributed by atoms with van der Waals surface area (Å²) in [6.45, 7) is 12.2. The maximum absolute atomic E-state index is 12.6. The van der Waals surface area contributed by atoms with Gasteiger partial charge >= 0.3 is 0 Å². The summed E-state index contributed by atoms with van der Waals surface area (Å²) in [5.74, 6) is 1.13. The van der Waals surface area contributed by atoms with Crippen LogP contribution in [0.2, 0.25) is 0 Å². The number of ether oxygens (including phenoxy) is 1. The van der Waals surface area contributed by atoms with E-state index >= 15 is 0 Å². The molecule has 0 spiro atoms. The molecule has 1 heterocycles. The molecule has 25 heavy (non-hydrogen) atoms. The Morgan fingerprint density at radius 2 is 1.92 bits per heavy atom. The fourth-order valence-electron chi connectivity index (χ4n) is 3.40. The molecule has 1 saturated heterocycles. The smallest absolute Gasteiger partial charge is 0.237 e. The minimum Gasteiger partial charge on any atom is -0.491 e. The van der Waals surface area contributed by atoms with E-state index in [1.54, 1.807) is 0 Å². The fraction of sp³-hybridized carbons (Fsp3) is 0.650. The fourth-order valence-corrected chi connectivity index (χ4v) is 3.40. The maximum atomic E-state index is 12.6. The number of piperidine rings is 1. The molecule has 1 unspecified atom stereocenters. The summed E-state index contributed by atoms with van der Waals surface area (Å²) < 4.78 is 5.97. The molecule has 0 aliphatic carbocycles. The molecule has 142 valence electrons. The molecule has 0 radical (unpaired) electrons. The molecular formula is C20H33ClN2O2. The van der Waals surface area contributed by atoms with Gasteiger partial charge in [0, 0.05) is 6.54 Å². The number of carbonyl (C=O) groups is 1. The van der Waals surface area contributed by atoms with Gasteiger partial charge < -0.3 is 9.64 Å². The quantitative estimate of drug-likeness (QED) is 0.733. The Hall–Kier alpha value is -1.26. The van der Waals surface area contributed by atoms with Gasteiger partial charge in [-0.25, -0.2) is 0 Å². The van der Waals surface area contributed by atoms with Crippen LogP contribution in [-0.4, -0.2) is 54.5 Å². The summed E-state index contributed by atoms with van der Waals surface area (Å²) in [6.07, 6.45) is 3.72. The zero-order valence-electron chi connectivity index (χ0n) is 16.1. The predicted molar refractivity (Wildman–Crippen MR) is 106 cm³/mol. The van der Waals surface area contributed by atoms with Crippen LogP contribution in [0.5, 0.6) is 5.75 Å². The third-order valence-electron chi connectivity index (χ3n) is 4.81. The first-order valence-electron chi connectivity index (χ1n) is 9.23. The van der Waals surface area contributed by atoms with E-state index in [9.17, 15) is 4.79 Å². The van der Waals surface area contributed by atoms with Gasteiger partial charge in [-0.05, 0) is 65.3 Å². The van der Waals surface area contributed by atoms with E-state index in [-0.39, 0.29) is 24.4 Å². The second-order valence-electron chi connectivity index (χ2n) is 6.95. The lowest BCUT2D eigenvalue weighted by atomic mass is 10.1. The molecular weight excluding hydrogens is 336 g/mol. The van der Waals surface area contributed by atoms with Crippen LogP contribution in [0.25, 0.3) is 0 Å². The number of benzene rings is 1. The zero-order valence-corrected chi connectivity index (χ0v) is 16.9. The molecule has 0 N–H and O–H groups in total. The van der Waals surface area contributed by atoms with Gasteiger partial charge in [0.15, 0.2) is 0 Å². The van der Waals surface area contributed by atoms with E-state index in [0.717, 1.165) is 30.9 Å². The number of hydrogen-bond donors (Lipinski definition) is 0. The first-order chi connectivity index (χ1) is 11.5. The normalized spacial score (nSPS) is 16.0. The second kappa shape index (κ2) is 10.7. The van der Waals surface area contributed by atoms with E-state index in [1.807, 2.05) is 17.9 Å². The zero-order chi connectivity index (χ0) is 17.5. The van der Waals surface area contributed by atoms with Crippen molar-refractivity contribution >= 4 is 18.3 Å². The van der Waals surface area contributed by atoms with Gasteiger partial charge in [0.05, 0.1) is 12.6 Å². The number of hydrogen-bond acceptors (Lipinski definition) is 3. The van der Waals surface area contributed by atoms with Crippen molar-refractivity contribution in [2.45, 2.75) is 53.0 Å². The first kappa shape index (κ1) is 21.8. The highest BCUT2D eigenvalue weighted by Gasteiger charge is 2.22. The Kier molecular flexibility index (Phi) is 9.30. The van der Waals surface area contributed by atoms with Crippen LogP contribution in [0, 0.1) is 13.8 Å². The first-order valence-corrected chi connectivity index (χ1v) is 9.23. The molecule has 5 heteroatoms. The van der Waals surface area contributed by atoms with E-state index in [0.29, 0.717) is 13.2 Å². The number of likely N-dealkylation sites (N-methyl/N-ethyl adjacent to an activating group) is 1. The van der Waals surface area contributed by atoms with E-state index < -0.39 is 0 Å². The van der Waals surface area contributed by atoms with Gasteiger partial charge in [-0.15, -0.1) is 12.4 Å². The molecule has 0 bridgehead atoms. The van der Waals surface area contributed by atoms with Crippen molar-refractivity contribution < 1.29 is 9.53 Å². The summed E-state index contributed by atoms with van der Waals surface area (Å²) in [5, 5.41) is 0. The number of amides is 1. The molecule has 1 fully saturated rings. The third-order valence-corrected chi connectivity index (χ3v) is 4.81. The molecule has 0 aromatic heterocycles. The highest BCUT2D eigenvalue weighted by molar-refractivity contribution is 5.85. The molecule has 1 aromatic rings. The largest absolute Gasteiger partial charge is 0.491 e.